The van der Waals surface area contributed by atoms with E-state index in [1.165, 1.54) is 6.42 Å². The smallest absolute Gasteiger partial charge is 0.164 e. The van der Waals surface area contributed by atoms with E-state index in [-0.39, 0.29) is 18.1 Å². The molecule has 0 aromatic rings. The Hall–Kier alpha value is -0.600. The molecule has 1 saturated heterocycles. The van der Waals surface area contributed by atoms with Gasteiger partial charge in [0.05, 0.1) is 11.8 Å². The third-order valence-corrected chi connectivity index (χ3v) is 3.94. The first kappa shape index (κ1) is 11.5. The minimum absolute atomic E-state index is 0. The molecule has 0 spiro atoms. The lowest BCUT2D eigenvalue weighted by Crippen LogP contribution is -2.35. The second kappa shape index (κ2) is 5.32. The summed E-state index contributed by atoms with van der Waals surface area (Å²) >= 11 is 0. The van der Waals surface area contributed by atoms with E-state index in [1.807, 2.05) is 11.0 Å². The highest BCUT2D eigenvalue weighted by molar-refractivity contribution is 7.91. The highest BCUT2D eigenvalue weighted by Gasteiger charge is 2.18. The maximum Gasteiger partial charge on any atom is 0.164 e. The van der Waals surface area contributed by atoms with Crippen LogP contribution in [0.4, 0.5) is 0 Å². The van der Waals surface area contributed by atoms with Gasteiger partial charge < -0.3 is 0 Å². The zero-order valence-electron chi connectivity index (χ0n) is 8.28. The number of likely N-dealkylation sites (tertiary alicyclic amines) is 1. The van der Waals surface area contributed by atoms with Gasteiger partial charge in [-0.05, 0) is 25.9 Å². The number of rotatable bonds is 4. The lowest BCUT2D eigenvalue weighted by atomic mass is 10.1. The van der Waals surface area contributed by atoms with Crippen LogP contribution in [0.1, 0.15) is 25.7 Å². The molecule has 0 bridgehead atoms. The third-order valence-electron chi connectivity index (χ3n) is 2.35. The van der Waals surface area contributed by atoms with Gasteiger partial charge >= 0.3 is 0 Å². The first-order valence-corrected chi connectivity index (χ1v) is 6.76. The molecule has 1 aliphatic heterocycles. The standard InChI is InChI=1S/C9H16N2O2S/c10-5-4-8-14(12,13)9-11-6-2-1-3-7-11/h1-4,6-9H2. The van der Waals surface area contributed by atoms with E-state index in [0.717, 1.165) is 25.9 Å². The minimum Gasteiger partial charge on any atom is -0.290 e. The summed E-state index contributed by atoms with van der Waals surface area (Å²) in [5, 5.41) is 8.31. The first-order valence-electron chi connectivity index (χ1n) is 4.94. The Balaban J connectivity index is 2.38. The largest absolute Gasteiger partial charge is 0.290 e. The SMILES string of the molecule is N#CCCS(=O)(=O)CN1CCCCC1. The summed E-state index contributed by atoms with van der Waals surface area (Å²) in [4.78, 5) is 1.97. The zero-order valence-corrected chi connectivity index (χ0v) is 9.09. The zero-order chi connectivity index (χ0) is 10.4. The molecule has 4 nitrogen and oxygen atoms in total. The fraction of sp³-hybridized carbons (Fsp3) is 0.889. The Kier molecular flexibility index (Phi) is 4.36. The summed E-state index contributed by atoms with van der Waals surface area (Å²) in [6, 6.07) is 1.86. The highest BCUT2D eigenvalue weighted by Crippen LogP contribution is 2.10. The van der Waals surface area contributed by atoms with Crippen LogP contribution in [-0.2, 0) is 9.84 Å². The maximum atomic E-state index is 11.5. The second-order valence-corrected chi connectivity index (χ2v) is 5.82. The predicted molar refractivity (Wildman–Crippen MR) is 54.3 cm³/mol. The predicted octanol–water partition coefficient (Wildman–Crippen LogP) is 0.758. The van der Waals surface area contributed by atoms with Crippen molar-refractivity contribution in [3.8, 4) is 6.07 Å². The molecular formula is C9H16N2O2S. The van der Waals surface area contributed by atoms with Crippen molar-refractivity contribution in [2.45, 2.75) is 25.7 Å². The lowest BCUT2D eigenvalue weighted by molar-refractivity contribution is 0.261. The molecule has 0 aliphatic carbocycles. The molecule has 5 heteroatoms. The van der Waals surface area contributed by atoms with E-state index in [0.29, 0.717) is 0 Å². The van der Waals surface area contributed by atoms with Gasteiger partial charge in [0, 0.05) is 6.42 Å². The van der Waals surface area contributed by atoms with E-state index >= 15 is 0 Å². The molecule has 0 aromatic carbocycles. The van der Waals surface area contributed by atoms with Crippen LogP contribution < -0.4 is 0 Å². The van der Waals surface area contributed by atoms with Gasteiger partial charge in [-0.2, -0.15) is 5.26 Å². The number of hydrogen-bond acceptors (Lipinski definition) is 4. The van der Waals surface area contributed by atoms with E-state index in [9.17, 15) is 8.42 Å². The molecule has 80 valence electrons. The van der Waals surface area contributed by atoms with Gasteiger partial charge in [-0.3, -0.25) is 4.90 Å². The number of piperidine rings is 1. The number of nitriles is 1. The topological polar surface area (TPSA) is 61.2 Å². The number of nitrogens with zero attached hydrogens (tertiary/aromatic N) is 2. The van der Waals surface area contributed by atoms with Crippen LogP contribution in [0, 0.1) is 11.3 Å². The van der Waals surface area contributed by atoms with Gasteiger partial charge in [0.25, 0.3) is 0 Å². The molecule has 14 heavy (non-hydrogen) atoms. The molecule has 0 N–H and O–H groups in total. The molecule has 0 atom stereocenters. The van der Waals surface area contributed by atoms with Gasteiger partial charge in [-0.15, -0.1) is 0 Å². The maximum absolute atomic E-state index is 11.5. The summed E-state index contributed by atoms with van der Waals surface area (Å²) in [5.41, 5.74) is 0. The molecule has 0 radical (unpaired) electrons. The Bertz CT molecular complexity index is 299. The Morgan fingerprint density at radius 1 is 1.21 bits per heavy atom. The summed E-state index contributed by atoms with van der Waals surface area (Å²) in [7, 11) is -3.04. The monoisotopic (exact) mass is 216 g/mol. The van der Waals surface area contributed by atoms with Crippen molar-refractivity contribution in [3.05, 3.63) is 0 Å². The van der Waals surface area contributed by atoms with Crippen molar-refractivity contribution in [1.82, 2.24) is 4.90 Å². The molecule has 0 aromatic heterocycles. The summed E-state index contributed by atoms with van der Waals surface area (Å²) in [6.45, 7) is 1.76. The number of hydrogen-bond donors (Lipinski definition) is 0. The first-order chi connectivity index (χ1) is 6.64. The van der Waals surface area contributed by atoms with Crippen molar-refractivity contribution in [1.29, 1.82) is 5.26 Å². The van der Waals surface area contributed by atoms with Gasteiger partial charge in [-0.1, -0.05) is 6.42 Å². The van der Waals surface area contributed by atoms with Crippen molar-refractivity contribution >= 4 is 9.84 Å². The average Bonchev–Trinajstić information content (AvgIpc) is 2.16. The molecular weight excluding hydrogens is 200 g/mol. The van der Waals surface area contributed by atoms with Crippen LogP contribution in [0.5, 0.6) is 0 Å². The Labute approximate surface area is 85.4 Å². The molecule has 1 aliphatic rings. The summed E-state index contributed by atoms with van der Waals surface area (Å²) in [5.74, 6) is 0.134. The minimum atomic E-state index is -3.04. The van der Waals surface area contributed by atoms with Gasteiger partial charge in [0.2, 0.25) is 0 Å². The van der Waals surface area contributed by atoms with Crippen LogP contribution in [0.25, 0.3) is 0 Å². The lowest BCUT2D eigenvalue weighted by Gasteiger charge is -2.25. The fourth-order valence-corrected chi connectivity index (χ4v) is 2.98. The van der Waals surface area contributed by atoms with Crippen LogP contribution >= 0.6 is 0 Å². The Morgan fingerprint density at radius 3 is 2.43 bits per heavy atom. The van der Waals surface area contributed by atoms with E-state index in [1.54, 1.807) is 0 Å². The van der Waals surface area contributed by atoms with Gasteiger partial charge in [0.15, 0.2) is 9.84 Å². The van der Waals surface area contributed by atoms with Crippen LogP contribution in [-0.4, -0.2) is 38.0 Å². The van der Waals surface area contributed by atoms with Crippen LogP contribution in [0.3, 0.4) is 0 Å². The van der Waals surface area contributed by atoms with E-state index in [2.05, 4.69) is 0 Å². The number of sulfone groups is 1. The van der Waals surface area contributed by atoms with Crippen molar-refractivity contribution < 1.29 is 8.42 Å². The highest BCUT2D eigenvalue weighted by atomic mass is 32.2. The molecule has 1 fully saturated rings. The third kappa shape index (κ3) is 4.07. The van der Waals surface area contributed by atoms with Crippen LogP contribution in [0.2, 0.25) is 0 Å². The van der Waals surface area contributed by atoms with Crippen LogP contribution in [0.15, 0.2) is 0 Å². The van der Waals surface area contributed by atoms with E-state index in [4.69, 9.17) is 5.26 Å². The van der Waals surface area contributed by atoms with Gasteiger partial charge in [-0.25, -0.2) is 8.42 Å². The normalized spacial score (nSPS) is 19.1. The molecule has 0 amide bonds. The van der Waals surface area contributed by atoms with Crippen molar-refractivity contribution in [2.24, 2.45) is 0 Å². The molecule has 0 unspecified atom stereocenters. The second-order valence-electron chi connectivity index (χ2n) is 3.66. The quantitative estimate of drug-likeness (QED) is 0.696. The average molecular weight is 216 g/mol. The molecule has 1 heterocycles. The fourth-order valence-electron chi connectivity index (χ4n) is 1.63. The van der Waals surface area contributed by atoms with Crippen molar-refractivity contribution in [2.75, 3.05) is 24.7 Å². The van der Waals surface area contributed by atoms with Crippen molar-refractivity contribution in [3.63, 3.8) is 0 Å². The van der Waals surface area contributed by atoms with Gasteiger partial charge in [0.1, 0.15) is 5.88 Å². The summed E-state index contributed by atoms with van der Waals surface area (Å²) < 4.78 is 22.9. The molecule has 1 rings (SSSR count). The summed E-state index contributed by atoms with van der Waals surface area (Å²) in [6.07, 6.45) is 3.49. The molecule has 0 saturated carbocycles. The Morgan fingerprint density at radius 2 is 1.86 bits per heavy atom. The van der Waals surface area contributed by atoms with E-state index < -0.39 is 9.84 Å².